The maximum Gasteiger partial charge on any atom is 0.573 e. The molecule has 1 aromatic rings. The van der Waals surface area contributed by atoms with Crippen molar-refractivity contribution in [2.75, 3.05) is 26.2 Å². The molecule has 2 rings (SSSR count). The molecule has 1 aromatic carbocycles. The van der Waals surface area contributed by atoms with Crippen LogP contribution in [0.5, 0.6) is 5.75 Å². The highest BCUT2D eigenvalue weighted by atomic mass is 35.5. The van der Waals surface area contributed by atoms with Crippen LogP contribution < -0.4 is 10.1 Å². The first-order valence-electron chi connectivity index (χ1n) is 6.37. The summed E-state index contributed by atoms with van der Waals surface area (Å²) in [6.07, 6.45) is -4.88. The predicted molar refractivity (Wildman–Crippen MR) is 73.2 cm³/mol. The molecule has 1 saturated heterocycles. The van der Waals surface area contributed by atoms with E-state index < -0.39 is 17.9 Å². The van der Waals surface area contributed by atoms with Crippen LogP contribution >= 0.6 is 12.4 Å². The van der Waals surface area contributed by atoms with Crippen molar-refractivity contribution in [1.29, 1.82) is 0 Å². The van der Waals surface area contributed by atoms with E-state index >= 15 is 0 Å². The van der Waals surface area contributed by atoms with Gasteiger partial charge in [0.05, 0.1) is 0 Å². The molecule has 1 aliphatic rings. The number of halogens is 5. The van der Waals surface area contributed by atoms with E-state index in [1.54, 1.807) is 0 Å². The summed E-state index contributed by atoms with van der Waals surface area (Å²) < 4.78 is 53.5. The first-order valence-corrected chi connectivity index (χ1v) is 6.37. The average molecular weight is 329 g/mol. The van der Waals surface area contributed by atoms with Gasteiger partial charge in [0.1, 0.15) is 0 Å². The summed E-state index contributed by atoms with van der Waals surface area (Å²) in [6, 6.07) is 3.55. The van der Waals surface area contributed by atoms with Crippen molar-refractivity contribution in [2.24, 2.45) is 0 Å². The van der Waals surface area contributed by atoms with Crippen molar-refractivity contribution in [3.8, 4) is 5.75 Å². The quantitative estimate of drug-likeness (QED) is 0.863. The van der Waals surface area contributed by atoms with Gasteiger partial charge in [-0.3, -0.25) is 4.90 Å². The van der Waals surface area contributed by atoms with E-state index in [0.29, 0.717) is 5.56 Å². The molecule has 0 bridgehead atoms. The Balaban J connectivity index is 0.00000220. The molecular formula is C13H17ClF4N2O. The van der Waals surface area contributed by atoms with Crippen LogP contribution in [-0.2, 0) is 0 Å². The Bertz CT molecular complexity index is 464. The fourth-order valence-electron chi connectivity index (χ4n) is 2.26. The number of hydrogen-bond acceptors (Lipinski definition) is 3. The lowest BCUT2D eigenvalue weighted by Crippen LogP contribution is -2.44. The van der Waals surface area contributed by atoms with Crippen molar-refractivity contribution in [3.63, 3.8) is 0 Å². The minimum Gasteiger partial charge on any atom is -0.403 e. The lowest BCUT2D eigenvalue weighted by Gasteiger charge is -2.33. The third-order valence-electron chi connectivity index (χ3n) is 3.36. The van der Waals surface area contributed by atoms with Crippen molar-refractivity contribution >= 4 is 12.4 Å². The molecule has 1 heterocycles. The molecule has 1 aliphatic heterocycles. The molecule has 0 amide bonds. The lowest BCUT2D eigenvalue weighted by atomic mass is 10.1. The van der Waals surface area contributed by atoms with Gasteiger partial charge < -0.3 is 10.1 Å². The Morgan fingerprint density at radius 2 is 1.86 bits per heavy atom. The molecule has 1 N–H and O–H groups in total. The SMILES string of the molecule is C[C@H](c1ccc(OC(F)(F)F)c(F)c1)N1CCNCC1.Cl. The van der Waals surface area contributed by atoms with Gasteiger partial charge in [-0.2, -0.15) is 0 Å². The number of ether oxygens (including phenoxy) is 1. The Morgan fingerprint density at radius 1 is 1.24 bits per heavy atom. The van der Waals surface area contributed by atoms with E-state index in [1.165, 1.54) is 6.07 Å². The fourth-order valence-corrected chi connectivity index (χ4v) is 2.26. The lowest BCUT2D eigenvalue weighted by molar-refractivity contribution is -0.275. The van der Waals surface area contributed by atoms with Gasteiger partial charge in [-0.25, -0.2) is 4.39 Å². The van der Waals surface area contributed by atoms with E-state index in [0.717, 1.165) is 38.3 Å². The average Bonchev–Trinajstić information content (AvgIpc) is 2.40. The molecule has 1 atom stereocenters. The Labute approximate surface area is 126 Å². The number of alkyl halides is 3. The van der Waals surface area contributed by atoms with Crippen LogP contribution in [0.1, 0.15) is 18.5 Å². The monoisotopic (exact) mass is 328 g/mol. The number of nitrogens with one attached hydrogen (secondary N) is 1. The first-order chi connectivity index (χ1) is 9.37. The molecule has 0 unspecified atom stereocenters. The molecule has 8 heteroatoms. The number of piperazine rings is 1. The maximum atomic E-state index is 13.7. The molecule has 21 heavy (non-hydrogen) atoms. The second kappa shape index (κ2) is 7.29. The fraction of sp³-hybridized carbons (Fsp3) is 0.538. The Morgan fingerprint density at radius 3 is 2.38 bits per heavy atom. The van der Waals surface area contributed by atoms with Crippen LogP contribution in [0, 0.1) is 5.82 Å². The summed E-state index contributed by atoms with van der Waals surface area (Å²) in [7, 11) is 0. The van der Waals surface area contributed by atoms with Gasteiger partial charge in [0, 0.05) is 32.2 Å². The normalized spacial score (nSPS) is 18.0. The maximum absolute atomic E-state index is 13.7. The van der Waals surface area contributed by atoms with E-state index in [9.17, 15) is 17.6 Å². The highest BCUT2D eigenvalue weighted by molar-refractivity contribution is 5.85. The first kappa shape index (κ1) is 18.0. The van der Waals surface area contributed by atoms with Gasteiger partial charge in [-0.1, -0.05) is 6.07 Å². The smallest absolute Gasteiger partial charge is 0.403 e. The summed E-state index contributed by atoms with van der Waals surface area (Å²) in [5.41, 5.74) is 0.638. The molecule has 0 aliphatic carbocycles. The zero-order chi connectivity index (χ0) is 14.8. The zero-order valence-corrected chi connectivity index (χ0v) is 12.2. The minimum absolute atomic E-state index is 0. The Kier molecular flexibility index (Phi) is 6.24. The molecule has 0 saturated carbocycles. The van der Waals surface area contributed by atoms with Crippen LogP contribution in [0.15, 0.2) is 18.2 Å². The van der Waals surface area contributed by atoms with Gasteiger partial charge in [0.15, 0.2) is 11.6 Å². The van der Waals surface area contributed by atoms with Crippen molar-refractivity contribution in [3.05, 3.63) is 29.6 Å². The standard InChI is InChI=1S/C13H16F4N2O.ClH/c1-9(19-6-4-18-5-7-19)10-2-3-12(11(14)8-10)20-13(15,16)17;/h2-3,8-9,18H,4-7H2,1H3;1H/t9-;/m1./s1. The predicted octanol–water partition coefficient (Wildman–Crippen LogP) is 3.11. The number of benzene rings is 1. The molecule has 120 valence electrons. The van der Waals surface area contributed by atoms with Crippen molar-refractivity contribution in [2.45, 2.75) is 19.3 Å². The van der Waals surface area contributed by atoms with Crippen LogP contribution in [-0.4, -0.2) is 37.4 Å². The highest BCUT2D eigenvalue weighted by Crippen LogP contribution is 2.29. The summed E-state index contributed by atoms with van der Waals surface area (Å²) in [6.45, 7) is 5.25. The van der Waals surface area contributed by atoms with Gasteiger partial charge in [0.25, 0.3) is 0 Å². The van der Waals surface area contributed by atoms with Crippen molar-refractivity contribution in [1.82, 2.24) is 10.2 Å². The summed E-state index contributed by atoms with van der Waals surface area (Å²) in [4.78, 5) is 2.15. The molecule has 3 nitrogen and oxygen atoms in total. The van der Waals surface area contributed by atoms with Crippen LogP contribution in [0.4, 0.5) is 17.6 Å². The number of rotatable bonds is 3. The summed E-state index contributed by atoms with van der Waals surface area (Å²) in [5.74, 6) is -1.80. The summed E-state index contributed by atoms with van der Waals surface area (Å²) >= 11 is 0. The number of nitrogens with zero attached hydrogens (tertiary/aromatic N) is 1. The van der Waals surface area contributed by atoms with Crippen LogP contribution in [0.2, 0.25) is 0 Å². The highest BCUT2D eigenvalue weighted by Gasteiger charge is 2.32. The molecular weight excluding hydrogens is 312 g/mol. The van der Waals surface area contributed by atoms with E-state index in [1.807, 2.05) is 6.92 Å². The van der Waals surface area contributed by atoms with Crippen LogP contribution in [0.3, 0.4) is 0 Å². The minimum atomic E-state index is -4.88. The largest absolute Gasteiger partial charge is 0.573 e. The second-order valence-electron chi connectivity index (χ2n) is 4.70. The van der Waals surface area contributed by atoms with E-state index in [4.69, 9.17) is 0 Å². The third kappa shape index (κ3) is 5.01. The molecule has 0 spiro atoms. The zero-order valence-electron chi connectivity index (χ0n) is 11.4. The number of hydrogen-bond donors (Lipinski definition) is 1. The van der Waals surface area contributed by atoms with Gasteiger partial charge in [-0.05, 0) is 24.6 Å². The molecule has 0 aromatic heterocycles. The van der Waals surface area contributed by atoms with Crippen LogP contribution in [0.25, 0.3) is 0 Å². The van der Waals surface area contributed by atoms with Crippen molar-refractivity contribution < 1.29 is 22.3 Å². The molecule has 1 fully saturated rings. The van der Waals surface area contributed by atoms with E-state index in [2.05, 4.69) is 15.0 Å². The second-order valence-corrected chi connectivity index (χ2v) is 4.70. The third-order valence-corrected chi connectivity index (χ3v) is 3.36. The van der Waals surface area contributed by atoms with Gasteiger partial charge in [-0.15, -0.1) is 25.6 Å². The molecule has 0 radical (unpaired) electrons. The topological polar surface area (TPSA) is 24.5 Å². The van der Waals surface area contributed by atoms with Gasteiger partial charge >= 0.3 is 6.36 Å². The Hall–Kier alpha value is -1.05. The van der Waals surface area contributed by atoms with E-state index in [-0.39, 0.29) is 18.4 Å². The van der Waals surface area contributed by atoms with Gasteiger partial charge in [0.2, 0.25) is 0 Å². The summed E-state index contributed by atoms with van der Waals surface area (Å²) in [5, 5.41) is 3.21.